The van der Waals surface area contributed by atoms with Crippen molar-refractivity contribution in [2.24, 2.45) is 0 Å². The first-order valence-electron chi connectivity index (χ1n) is 11.3. The molecule has 1 N–H and O–H groups in total. The summed E-state index contributed by atoms with van der Waals surface area (Å²) in [6, 6.07) is 15.7. The summed E-state index contributed by atoms with van der Waals surface area (Å²) in [6.07, 6.45) is 2.49. The van der Waals surface area contributed by atoms with Crippen LogP contribution in [0.2, 0.25) is 0 Å². The van der Waals surface area contributed by atoms with E-state index < -0.39 is 0 Å². The lowest BCUT2D eigenvalue weighted by Gasteiger charge is -2.21. The highest BCUT2D eigenvalue weighted by atomic mass is 32.1. The van der Waals surface area contributed by atoms with Crippen LogP contribution in [0.4, 0.5) is 0 Å². The van der Waals surface area contributed by atoms with E-state index in [9.17, 15) is 4.79 Å². The molecule has 0 radical (unpaired) electrons. The molecule has 0 saturated carbocycles. The van der Waals surface area contributed by atoms with Crippen LogP contribution in [-0.4, -0.2) is 42.5 Å². The van der Waals surface area contributed by atoms with Crippen molar-refractivity contribution in [1.29, 1.82) is 0 Å². The summed E-state index contributed by atoms with van der Waals surface area (Å²) in [7, 11) is 2.06. The molecule has 1 fully saturated rings. The number of aromatic nitrogens is 1. The predicted molar refractivity (Wildman–Crippen MR) is 127 cm³/mol. The van der Waals surface area contributed by atoms with Gasteiger partial charge in [-0.05, 0) is 61.9 Å². The molecule has 2 aliphatic heterocycles. The average molecular weight is 482 g/mol. The van der Waals surface area contributed by atoms with Crippen molar-refractivity contribution in [3.8, 4) is 22.1 Å². The van der Waals surface area contributed by atoms with E-state index >= 15 is 0 Å². The fraction of sp³-hybridized carbons (Fsp3) is 0.360. The summed E-state index contributed by atoms with van der Waals surface area (Å²) < 4.78 is 16.3. The zero-order valence-corrected chi connectivity index (χ0v) is 19.8. The van der Waals surface area contributed by atoms with Gasteiger partial charge in [-0.15, -0.1) is 11.3 Å². The first-order valence-corrected chi connectivity index (χ1v) is 12.2. The highest BCUT2D eigenvalue weighted by Crippen LogP contribution is 2.33. The molecule has 1 atom stereocenters. The topological polar surface area (TPSA) is 82.2 Å². The van der Waals surface area contributed by atoms with Gasteiger partial charge in [0.1, 0.15) is 0 Å². The summed E-state index contributed by atoms with van der Waals surface area (Å²) in [5.74, 6) is 1.31. The van der Waals surface area contributed by atoms with Gasteiger partial charge >= 0.3 is 0 Å². The number of fused-ring (bicyclic) bond motifs is 1. The second kappa shape index (κ2) is 10.5. The number of rotatable bonds is 8. The van der Waals surface area contributed by atoms with Gasteiger partial charge in [-0.3, -0.25) is 14.7 Å². The molecule has 34 heavy (non-hydrogen) atoms. The van der Waals surface area contributed by atoms with Gasteiger partial charge in [0.2, 0.25) is 6.79 Å². The maximum atomic E-state index is 12.5. The molecule has 1 saturated heterocycles. The summed E-state index contributed by atoms with van der Waals surface area (Å²) >= 11 is 1.39. The third kappa shape index (κ3) is 5.56. The monoisotopic (exact) mass is 481 g/mol. The highest BCUT2D eigenvalue weighted by molar-refractivity contribution is 7.17. The largest absolute Gasteiger partial charge is 0.454 e. The third-order valence-corrected chi connectivity index (χ3v) is 6.74. The number of pyridine rings is 1. The molecule has 3 aromatic rings. The minimum Gasteiger partial charge on any atom is -0.454 e. The van der Waals surface area contributed by atoms with Crippen molar-refractivity contribution in [3.05, 3.63) is 64.7 Å². The number of hydrogen-bond acceptors (Lipinski definition) is 8. The number of thiophene rings is 1. The molecular formula is C25H27N3O5S. The standard InChI is InChI=1S/C25H27N3O5S/c1-28(14-17-8-9-20-21(13-17)32-16-31-20)15-18-5-4-6-19(26-18)22-10-11-23(34-22)25(29)27-33-24-7-2-3-12-30-24/h4-6,8-11,13,24H,2-3,7,12,14-16H2,1H3,(H,27,29). The summed E-state index contributed by atoms with van der Waals surface area (Å²) in [5, 5.41) is 0. The molecule has 1 amide bonds. The molecule has 8 nitrogen and oxygen atoms in total. The van der Waals surface area contributed by atoms with Crippen molar-refractivity contribution in [2.75, 3.05) is 20.4 Å². The van der Waals surface area contributed by atoms with Crippen LogP contribution in [-0.2, 0) is 22.7 Å². The van der Waals surface area contributed by atoms with E-state index in [1.165, 1.54) is 11.3 Å². The van der Waals surface area contributed by atoms with Crippen LogP contribution in [0.15, 0.2) is 48.5 Å². The van der Waals surface area contributed by atoms with E-state index in [0.717, 1.165) is 59.1 Å². The maximum Gasteiger partial charge on any atom is 0.285 e. The van der Waals surface area contributed by atoms with Crippen molar-refractivity contribution >= 4 is 17.2 Å². The van der Waals surface area contributed by atoms with Crippen LogP contribution < -0.4 is 15.0 Å². The number of carbonyl (C=O) groups is 1. The molecule has 2 aromatic heterocycles. The first kappa shape index (κ1) is 22.8. The van der Waals surface area contributed by atoms with Crippen LogP contribution in [0, 0.1) is 0 Å². The van der Waals surface area contributed by atoms with Gasteiger partial charge in [0.25, 0.3) is 5.91 Å². The first-order chi connectivity index (χ1) is 16.6. The van der Waals surface area contributed by atoms with Crippen LogP contribution in [0.3, 0.4) is 0 Å². The Kier molecular flexibility index (Phi) is 7.05. The Hall–Kier alpha value is -2.98. The average Bonchev–Trinajstić information content (AvgIpc) is 3.53. The Bertz CT molecular complexity index is 1150. The molecule has 0 aliphatic carbocycles. The van der Waals surface area contributed by atoms with Gasteiger partial charge in [-0.25, -0.2) is 10.3 Å². The lowest BCUT2D eigenvalue weighted by molar-refractivity contribution is -0.186. The molecule has 1 unspecified atom stereocenters. The number of hydrogen-bond donors (Lipinski definition) is 1. The molecule has 0 bridgehead atoms. The highest BCUT2D eigenvalue weighted by Gasteiger charge is 2.18. The Morgan fingerprint density at radius 2 is 2.06 bits per heavy atom. The lowest BCUT2D eigenvalue weighted by Crippen LogP contribution is -2.32. The quantitative estimate of drug-likeness (QED) is 0.479. The molecule has 2 aliphatic rings. The number of ether oxygens (including phenoxy) is 3. The molecule has 9 heteroatoms. The zero-order chi connectivity index (χ0) is 23.3. The van der Waals surface area contributed by atoms with E-state index in [1.807, 2.05) is 36.4 Å². The van der Waals surface area contributed by atoms with E-state index in [-0.39, 0.29) is 19.0 Å². The van der Waals surface area contributed by atoms with Crippen molar-refractivity contribution < 1.29 is 23.8 Å². The SMILES string of the molecule is CN(Cc1ccc2c(c1)OCO2)Cc1cccc(-c2ccc(C(=O)NOC3CCCCO3)s2)n1. The Labute approximate surface area is 202 Å². The fourth-order valence-electron chi connectivity index (χ4n) is 3.96. The summed E-state index contributed by atoms with van der Waals surface area (Å²) in [6.45, 7) is 2.39. The van der Waals surface area contributed by atoms with Crippen LogP contribution in [0.1, 0.15) is 40.2 Å². The molecular weight excluding hydrogens is 454 g/mol. The molecule has 5 rings (SSSR count). The lowest BCUT2D eigenvalue weighted by atomic mass is 10.2. The van der Waals surface area contributed by atoms with Crippen molar-refractivity contribution in [1.82, 2.24) is 15.4 Å². The van der Waals surface area contributed by atoms with E-state index in [4.69, 9.17) is 24.0 Å². The van der Waals surface area contributed by atoms with Gasteiger partial charge < -0.3 is 14.2 Å². The minimum atomic E-state index is -0.370. The molecule has 4 heterocycles. The van der Waals surface area contributed by atoms with Crippen LogP contribution >= 0.6 is 11.3 Å². The zero-order valence-electron chi connectivity index (χ0n) is 19.0. The number of benzene rings is 1. The van der Waals surface area contributed by atoms with Crippen LogP contribution in [0.25, 0.3) is 10.6 Å². The van der Waals surface area contributed by atoms with Crippen LogP contribution in [0.5, 0.6) is 11.5 Å². The van der Waals surface area contributed by atoms with Gasteiger partial charge in [0.05, 0.1) is 21.1 Å². The van der Waals surface area contributed by atoms with E-state index in [2.05, 4.69) is 23.5 Å². The number of amides is 1. The van der Waals surface area contributed by atoms with Gasteiger partial charge in [0, 0.05) is 26.1 Å². The van der Waals surface area contributed by atoms with E-state index in [1.54, 1.807) is 6.07 Å². The number of hydroxylamine groups is 1. The van der Waals surface area contributed by atoms with E-state index in [0.29, 0.717) is 18.0 Å². The fourth-order valence-corrected chi connectivity index (χ4v) is 4.82. The maximum absolute atomic E-state index is 12.5. The summed E-state index contributed by atoms with van der Waals surface area (Å²) in [4.78, 5) is 26.4. The number of nitrogens with one attached hydrogen (secondary N) is 1. The smallest absolute Gasteiger partial charge is 0.285 e. The second-order valence-corrected chi connectivity index (χ2v) is 9.47. The molecule has 0 spiro atoms. The van der Waals surface area contributed by atoms with Gasteiger partial charge in [-0.1, -0.05) is 12.1 Å². The predicted octanol–water partition coefficient (Wildman–Crippen LogP) is 4.36. The van der Waals surface area contributed by atoms with Crippen molar-refractivity contribution in [2.45, 2.75) is 38.6 Å². The van der Waals surface area contributed by atoms with Crippen molar-refractivity contribution in [3.63, 3.8) is 0 Å². The second-order valence-electron chi connectivity index (χ2n) is 8.38. The molecule has 1 aromatic carbocycles. The Balaban J connectivity index is 1.18. The number of nitrogens with zero attached hydrogens (tertiary/aromatic N) is 2. The minimum absolute atomic E-state index is 0.273. The van der Waals surface area contributed by atoms with Gasteiger partial charge in [0.15, 0.2) is 17.8 Å². The van der Waals surface area contributed by atoms with Gasteiger partial charge in [-0.2, -0.15) is 0 Å². The summed E-state index contributed by atoms with van der Waals surface area (Å²) in [5.41, 5.74) is 5.46. The molecule has 178 valence electrons. The number of carbonyl (C=O) groups excluding carboxylic acids is 1. The Morgan fingerprint density at radius 1 is 1.15 bits per heavy atom. The Morgan fingerprint density at radius 3 is 2.94 bits per heavy atom. The normalized spacial score (nSPS) is 17.2. The third-order valence-electron chi connectivity index (χ3n) is 5.63.